The van der Waals surface area contributed by atoms with Crippen LogP contribution in [0.4, 0.5) is 4.39 Å². The first kappa shape index (κ1) is 15.7. The highest BCUT2D eigenvalue weighted by molar-refractivity contribution is 5.91. The third-order valence-electron chi connectivity index (χ3n) is 4.06. The summed E-state index contributed by atoms with van der Waals surface area (Å²) in [6, 6.07) is 1.38. The van der Waals surface area contributed by atoms with E-state index in [1.54, 1.807) is 0 Å². The Morgan fingerprint density at radius 1 is 1.52 bits per heavy atom. The average molecular weight is 322 g/mol. The van der Waals surface area contributed by atoms with Crippen molar-refractivity contribution in [2.24, 2.45) is 0 Å². The van der Waals surface area contributed by atoms with Gasteiger partial charge in [0, 0.05) is 25.2 Å². The second kappa shape index (κ2) is 6.49. The first-order chi connectivity index (χ1) is 11.0. The van der Waals surface area contributed by atoms with Gasteiger partial charge in [-0.15, -0.1) is 0 Å². The third kappa shape index (κ3) is 3.58. The van der Waals surface area contributed by atoms with Crippen LogP contribution in [-0.2, 0) is 6.54 Å². The van der Waals surface area contributed by atoms with Gasteiger partial charge in [0.1, 0.15) is 18.2 Å². The number of likely N-dealkylation sites (tertiary alicyclic amines) is 1. The number of carbonyl (C=O) groups is 1. The molecule has 7 nitrogen and oxygen atoms in total. The summed E-state index contributed by atoms with van der Waals surface area (Å²) in [5, 5.41) is 6.33. The van der Waals surface area contributed by atoms with E-state index in [1.165, 1.54) is 12.3 Å². The van der Waals surface area contributed by atoms with Crippen LogP contribution in [0.5, 0.6) is 0 Å². The monoisotopic (exact) mass is 322 g/mol. The molecule has 2 aromatic rings. The van der Waals surface area contributed by atoms with Gasteiger partial charge >= 0.3 is 0 Å². The van der Waals surface area contributed by atoms with Gasteiger partial charge in [-0.2, -0.15) is 0 Å². The number of rotatable bonds is 5. The van der Waals surface area contributed by atoms with Crippen LogP contribution in [0.15, 0.2) is 21.3 Å². The number of aryl methyl sites for hydroxylation is 2. The molecule has 0 aliphatic carbocycles. The molecule has 1 N–H and O–H groups in total. The average Bonchev–Trinajstić information content (AvgIpc) is 3.20. The quantitative estimate of drug-likeness (QED) is 0.900. The van der Waals surface area contributed by atoms with E-state index < -0.39 is 6.17 Å². The van der Waals surface area contributed by atoms with Gasteiger partial charge in [-0.3, -0.25) is 9.69 Å². The van der Waals surface area contributed by atoms with Crippen LogP contribution in [0.25, 0.3) is 0 Å². The van der Waals surface area contributed by atoms with Crippen molar-refractivity contribution in [2.45, 2.75) is 39.0 Å². The van der Waals surface area contributed by atoms with Crippen molar-refractivity contribution in [3.05, 3.63) is 35.4 Å². The Balaban J connectivity index is 1.59. The Bertz CT molecular complexity index is 651. The van der Waals surface area contributed by atoms with E-state index in [-0.39, 0.29) is 17.6 Å². The molecule has 0 radical (unpaired) electrons. The fourth-order valence-corrected chi connectivity index (χ4v) is 2.74. The van der Waals surface area contributed by atoms with Gasteiger partial charge in [-0.05, 0) is 20.3 Å². The van der Waals surface area contributed by atoms with E-state index >= 15 is 0 Å². The summed E-state index contributed by atoms with van der Waals surface area (Å²) in [6.45, 7) is 4.80. The summed E-state index contributed by atoms with van der Waals surface area (Å²) in [7, 11) is 0. The number of alkyl halides is 1. The number of nitrogens with zero attached hydrogens (tertiary/aromatic N) is 3. The zero-order valence-electron chi connectivity index (χ0n) is 13.1. The van der Waals surface area contributed by atoms with E-state index in [1.807, 2.05) is 18.7 Å². The Morgan fingerprint density at radius 2 is 2.35 bits per heavy atom. The highest BCUT2D eigenvalue weighted by Crippen LogP contribution is 2.23. The predicted molar refractivity (Wildman–Crippen MR) is 78.5 cm³/mol. The van der Waals surface area contributed by atoms with Gasteiger partial charge in [-0.1, -0.05) is 5.16 Å². The zero-order valence-corrected chi connectivity index (χ0v) is 13.1. The fourth-order valence-electron chi connectivity index (χ4n) is 2.74. The highest BCUT2D eigenvalue weighted by Gasteiger charge is 2.33. The van der Waals surface area contributed by atoms with Gasteiger partial charge in [0.2, 0.25) is 5.89 Å². The van der Waals surface area contributed by atoms with Gasteiger partial charge < -0.3 is 14.3 Å². The molecule has 1 aliphatic heterocycles. The molecule has 2 aromatic heterocycles. The van der Waals surface area contributed by atoms with Crippen LogP contribution < -0.4 is 5.32 Å². The molecule has 0 spiro atoms. The lowest BCUT2D eigenvalue weighted by molar-refractivity contribution is 0.0929. The summed E-state index contributed by atoms with van der Waals surface area (Å²) >= 11 is 0. The Kier molecular flexibility index (Phi) is 4.42. The van der Waals surface area contributed by atoms with Crippen LogP contribution in [0, 0.1) is 13.8 Å². The fraction of sp³-hybridized carbons (Fsp3) is 0.533. The summed E-state index contributed by atoms with van der Waals surface area (Å²) in [5.41, 5.74) is 1.05. The number of carbonyl (C=O) groups excluding carboxylic acids is 1. The number of oxazole rings is 1. The summed E-state index contributed by atoms with van der Waals surface area (Å²) in [5.74, 6) is 1.01. The Morgan fingerprint density at radius 3 is 3.00 bits per heavy atom. The maximum atomic E-state index is 13.8. The molecule has 2 atom stereocenters. The molecule has 1 saturated heterocycles. The molecule has 1 aliphatic rings. The van der Waals surface area contributed by atoms with Crippen LogP contribution in [0.3, 0.4) is 0 Å². The van der Waals surface area contributed by atoms with Crippen molar-refractivity contribution in [1.82, 2.24) is 20.4 Å². The minimum absolute atomic E-state index is 0.103. The molecule has 1 fully saturated rings. The van der Waals surface area contributed by atoms with E-state index in [4.69, 9.17) is 4.42 Å². The minimum Gasteiger partial charge on any atom is -0.444 e. The molecule has 23 heavy (non-hydrogen) atoms. The Hall–Kier alpha value is -2.22. The van der Waals surface area contributed by atoms with Crippen LogP contribution in [-0.4, -0.2) is 46.3 Å². The molecule has 1 amide bonds. The maximum absolute atomic E-state index is 13.8. The van der Waals surface area contributed by atoms with Crippen molar-refractivity contribution in [2.75, 3.05) is 13.1 Å². The number of hydrogen-bond acceptors (Lipinski definition) is 6. The van der Waals surface area contributed by atoms with Crippen LogP contribution in [0.2, 0.25) is 0 Å². The second-order valence-corrected chi connectivity index (χ2v) is 5.76. The summed E-state index contributed by atoms with van der Waals surface area (Å²) in [4.78, 5) is 18.2. The predicted octanol–water partition coefficient (Wildman–Crippen LogP) is 1.62. The van der Waals surface area contributed by atoms with Crippen LogP contribution >= 0.6 is 0 Å². The summed E-state index contributed by atoms with van der Waals surface area (Å²) in [6.07, 6.45) is 0.792. The highest BCUT2D eigenvalue weighted by atomic mass is 19.1. The molecule has 0 bridgehead atoms. The van der Waals surface area contributed by atoms with Crippen molar-refractivity contribution in [1.29, 1.82) is 0 Å². The van der Waals surface area contributed by atoms with Crippen LogP contribution in [0.1, 0.15) is 34.3 Å². The molecule has 0 unspecified atom stereocenters. The lowest BCUT2D eigenvalue weighted by atomic mass is 10.2. The lowest BCUT2D eigenvalue weighted by Crippen LogP contribution is -2.40. The number of amides is 1. The molecular weight excluding hydrogens is 303 g/mol. The van der Waals surface area contributed by atoms with Crippen molar-refractivity contribution in [3.63, 3.8) is 0 Å². The third-order valence-corrected chi connectivity index (χ3v) is 4.06. The molecule has 3 heterocycles. The molecule has 0 aromatic carbocycles. The van der Waals surface area contributed by atoms with Gasteiger partial charge in [0.25, 0.3) is 5.91 Å². The van der Waals surface area contributed by atoms with Gasteiger partial charge in [0.05, 0.1) is 12.2 Å². The maximum Gasteiger partial charge on any atom is 0.273 e. The Labute approximate surface area is 132 Å². The molecule has 0 saturated carbocycles. The number of hydrogen-bond donors (Lipinski definition) is 1. The van der Waals surface area contributed by atoms with Gasteiger partial charge in [0.15, 0.2) is 5.69 Å². The summed E-state index contributed by atoms with van der Waals surface area (Å²) < 4.78 is 24.0. The normalized spacial score (nSPS) is 21.7. The number of halogens is 1. The zero-order chi connectivity index (χ0) is 16.4. The minimum atomic E-state index is -0.916. The second-order valence-electron chi connectivity index (χ2n) is 5.76. The molecule has 8 heteroatoms. The van der Waals surface area contributed by atoms with E-state index in [0.29, 0.717) is 31.9 Å². The molecule has 3 rings (SSSR count). The standard InChI is InChI=1S/C15H19FN4O3/c1-9-10(2)23-14(18-9)8-20-7-11(16)5-12(20)6-17-15(21)13-3-4-22-19-13/h3-4,11-12H,5-8H2,1-2H3,(H,17,21)/t11-,12-/m0/s1. The van der Waals surface area contributed by atoms with E-state index in [2.05, 4.69) is 20.0 Å². The number of aromatic nitrogens is 2. The number of nitrogens with one attached hydrogen (secondary N) is 1. The first-order valence-corrected chi connectivity index (χ1v) is 7.52. The van der Waals surface area contributed by atoms with Crippen molar-refractivity contribution >= 4 is 5.91 Å². The topological polar surface area (TPSA) is 84.4 Å². The van der Waals surface area contributed by atoms with Crippen molar-refractivity contribution < 1.29 is 18.1 Å². The van der Waals surface area contributed by atoms with Gasteiger partial charge in [-0.25, -0.2) is 9.37 Å². The largest absolute Gasteiger partial charge is 0.444 e. The SMILES string of the molecule is Cc1nc(CN2C[C@@H](F)C[C@H]2CNC(=O)c2ccon2)oc1C. The smallest absolute Gasteiger partial charge is 0.273 e. The van der Waals surface area contributed by atoms with E-state index in [9.17, 15) is 9.18 Å². The molecule has 124 valence electrons. The van der Waals surface area contributed by atoms with E-state index in [0.717, 1.165) is 11.5 Å². The lowest BCUT2D eigenvalue weighted by Gasteiger charge is -2.22. The molecular formula is C15H19FN4O3. The van der Waals surface area contributed by atoms with Crippen molar-refractivity contribution in [3.8, 4) is 0 Å². The first-order valence-electron chi connectivity index (χ1n) is 7.52.